The van der Waals surface area contributed by atoms with Gasteiger partial charge in [-0.25, -0.2) is 4.98 Å². The van der Waals surface area contributed by atoms with Gasteiger partial charge in [0.25, 0.3) is 0 Å². The molecular formula is C21H24N6. The highest BCUT2D eigenvalue weighted by Gasteiger charge is 2.16. The van der Waals surface area contributed by atoms with Crippen LogP contribution in [0.1, 0.15) is 49.8 Å². The van der Waals surface area contributed by atoms with Crippen molar-refractivity contribution in [2.75, 3.05) is 0 Å². The van der Waals surface area contributed by atoms with Crippen molar-refractivity contribution in [1.82, 2.24) is 14.4 Å². The van der Waals surface area contributed by atoms with Crippen molar-refractivity contribution in [1.29, 1.82) is 10.7 Å². The normalized spacial score (nSPS) is 11.2. The molecule has 0 aliphatic heterocycles. The number of nitrogens with one attached hydrogen (secondary N) is 1. The molecule has 6 heteroatoms. The lowest BCUT2D eigenvalue weighted by Crippen LogP contribution is -2.13. The third-order valence-corrected chi connectivity index (χ3v) is 4.01. The van der Waals surface area contributed by atoms with Crippen molar-refractivity contribution in [3.8, 4) is 6.07 Å². The Morgan fingerprint density at radius 3 is 2.63 bits per heavy atom. The topological polar surface area (TPSA) is 104 Å². The fraction of sp³-hybridized carbons (Fsp3) is 0.238. The van der Waals surface area contributed by atoms with E-state index in [0.717, 1.165) is 11.3 Å². The Balaban J connectivity index is 0.00000126. The number of nitrogens with zero attached hydrogens (tertiary/aromatic N) is 4. The van der Waals surface area contributed by atoms with Crippen LogP contribution in [0.15, 0.2) is 48.4 Å². The van der Waals surface area contributed by atoms with Crippen molar-refractivity contribution in [3.05, 3.63) is 71.1 Å². The van der Waals surface area contributed by atoms with Gasteiger partial charge in [0, 0.05) is 28.7 Å². The second-order valence-electron chi connectivity index (χ2n) is 5.69. The average Bonchev–Trinajstić information content (AvgIpc) is 3.12. The molecule has 0 radical (unpaired) electrons. The standard InChI is InChI=1S/C19H18N6.C2H6/c1-3-15(21)18(19(22)16-6-4-5-12(2)24-16)13-7-8-17-23-10-14(9-20)25(17)11-13;1-2/h4-8,10-11,22H,3,21H2,1-2H3;1-2H3/b18-15-,22-19?;. The molecule has 0 aromatic carbocycles. The van der Waals surface area contributed by atoms with Gasteiger partial charge in [-0.3, -0.25) is 14.8 Å². The second-order valence-corrected chi connectivity index (χ2v) is 5.69. The predicted octanol–water partition coefficient (Wildman–Crippen LogP) is 4.08. The van der Waals surface area contributed by atoms with Crippen LogP contribution in [0.4, 0.5) is 0 Å². The van der Waals surface area contributed by atoms with E-state index >= 15 is 0 Å². The Kier molecular flexibility index (Phi) is 6.45. The minimum Gasteiger partial charge on any atom is -0.401 e. The minimum absolute atomic E-state index is 0.265. The Hall–Kier alpha value is -3.46. The van der Waals surface area contributed by atoms with Crippen LogP contribution in [0.5, 0.6) is 0 Å². The van der Waals surface area contributed by atoms with Gasteiger partial charge in [-0.15, -0.1) is 0 Å². The molecule has 0 spiro atoms. The van der Waals surface area contributed by atoms with E-state index in [1.54, 1.807) is 16.7 Å². The first-order valence-electron chi connectivity index (χ1n) is 8.94. The molecule has 0 bridgehead atoms. The van der Waals surface area contributed by atoms with E-state index in [-0.39, 0.29) is 5.71 Å². The van der Waals surface area contributed by atoms with Crippen LogP contribution in [0.25, 0.3) is 11.2 Å². The maximum Gasteiger partial charge on any atom is 0.144 e. The summed E-state index contributed by atoms with van der Waals surface area (Å²) in [5.41, 5.74) is 11.0. The summed E-state index contributed by atoms with van der Waals surface area (Å²) in [5.74, 6) is 0. The van der Waals surface area contributed by atoms with Gasteiger partial charge in [-0.2, -0.15) is 5.26 Å². The molecule has 6 nitrogen and oxygen atoms in total. The molecule has 0 aliphatic rings. The van der Waals surface area contributed by atoms with Gasteiger partial charge in [0.05, 0.1) is 17.6 Å². The first-order chi connectivity index (χ1) is 13.0. The second kappa shape index (κ2) is 8.77. The number of hydrogen-bond donors (Lipinski definition) is 2. The molecule has 138 valence electrons. The molecule has 27 heavy (non-hydrogen) atoms. The SMILES string of the molecule is CC.CC/C(N)=C(/C(=N)c1cccc(C)n1)c1ccc2ncc(C#N)n2c1. The van der Waals surface area contributed by atoms with Crippen LogP contribution in [0.3, 0.4) is 0 Å². The van der Waals surface area contributed by atoms with Crippen LogP contribution in [0.2, 0.25) is 0 Å². The summed E-state index contributed by atoms with van der Waals surface area (Å²) in [5, 5.41) is 17.9. The third-order valence-electron chi connectivity index (χ3n) is 4.01. The first-order valence-corrected chi connectivity index (χ1v) is 8.94. The van der Waals surface area contributed by atoms with Gasteiger partial charge in [-0.1, -0.05) is 26.8 Å². The molecular weight excluding hydrogens is 336 g/mol. The van der Waals surface area contributed by atoms with E-state index in [0.29, 0.717) is 34.7 Å². The average molecular weight is 360 g/mol. The number of nitrogens with two attached hydrogens (primary N) is 1. The van der Waals surface area contributed by atoms with Gasteiger partial charge >= 0.3 is 0 Å². The molecule has 3 heterocycles. The van der Waals surface area contributed by atoms with Crippen molar-refractivity contribution < 1.29 is 0 Å². The smallest absolute Gasteiger partial charge is 0.144 e. The van der Waals surface area contributed by atoms with Gasteiger partial charge < -0.3 is 5.73 Å². The Labute approximate surface area is 159 Å². The van der Waals surface area contributed by atoms with Crippen LogP contribution in [-0.2, 0) is 0 Å². The Morgan fingerprint density at radius 1 is 1.26 bits per heavy atom. The molecule has 0 aliphatic carbocycles. The largest absolute Gasteiger partial charge is 0.401 e. The van der Waals surface area contributed by atoms with E-state index < -0.39 is 0 Å². The van der Waals surface area contributed by atoms with Crippen LogP contribution in [-0.4, -0.2) is 20.1 Å². The summed E-state index contributed by atoms with van der Waals surface area (Å²) in [6.45, 7) is 7.84. The van der Waals surface area contributed by atoms with Crippen LogP contribution < -0.4 is 5.73 Å². The zero-order chi connectivity index (χ0) is 20.0. The Bertz CT molecular complexity index is 1040. The molecule has 0 saturated carbocycles. The third kappa shape index (κ3) is 4.04. The maximum absolute atomic E-state index is 9.23. The summed E-state index contributed by atoms with van der Waals surface area (Å²) < 4.78 is 1.70. The van der Waals surface area contributed by atoms with Gasteiger partial charge in [-0.05, 0) is 37.6 Å². The lowest BCUT2D eigenvalue weighted by atomic mass is 9.97. The van der Waals surface area contributed by atoms with E-state index in [9.17, 15) is 5.26 Å². The molecule has 0 atom stereocenters. The number of pyridine rings is 2. The quantitative estimate of drug-likeness (QED) is 0.684. The lowest BCUT2D eigenvalue weighted by molar-refractivity contribution is 1.07. The number of fused-ring (bicyclic) bond motifs is 1. The summed E-state index contributed by atoms with van der Waals surface area (Å²) in [6, 6.07) is 11.4. The number of aromatic nitrogens is 3. The van der Waals surface area contributed by atoms with E-state index in [4.69, 9.17) is 11.1 Å². The van der Waals surface area contributed by atoms with Gasteiger partial charge in [0.15, 0.2) is 0 Å². The van der Waals surface area contributed by atoms with E-state index in [1.165, 1.54) is 6.20 Å². The summed E-state index contributed by atoms with van der Waals surface area (Å²) in [4.78, 5) is 8.63. The van der Waals surface area contributed by atoms with Crippen molar-refractivity contribution in [2.24, 2.45) is 5.73 Å². The number of allylic oxidation sites excluding steroid dienone is 2. The van der Waals surface area contributed by atoms with Crippen LogP contribution >= 0.6 is 0 Å². The fourth-order valence-corrected chi connectivity index (χ4v) is 2.69. The van der Waals surface area contributed by atoms with Crippen molar-refractivity contribution in [2.45, 2.75) is 34.1 Å². The van der Waals surface area contributed by atoms with Gasteiger partial charge in [0.1, 0.15) is 17.4 Å². The molecule has 0 saturated heterocycles. The number of nitriles is 1. The van der Waals surface area contributed by atoms with Gasteiger partial charge in [0.2, 0.25) is 0 Å². The molecule has 3 aromatic rings. The molecule has 0 fully saturated rings. The predicted molar refractivity (Wildman–Crippen MR) is 108 cm³/mol. The summed E-state index contributed by atoms with van der Waals surface area (Å²) in [6.07, 6.45) is 3.93. The zero-order valence-electron chi connectivity index (χ0n) is 16.1. The number of rotatable bonds is 4. The fourth-order valence-electron chi connectivity index (χ4n) is 2.69. The summed E-state index contributed by atoms with van der Waals surface area (Å²) in [7, 11) is 0. The van der Waals surface area contributed by atoms with Crippen molar-refractivity contribution in [3.63, 3.8) is 0 Å². The monoisotopic (exact) mass is 360 g/mol. The number of imidazole rings is 1. The minimum atomic E-state index is 0.265. The molecule has 3 N–H and O–H groups in total. The van der Waals surface area contributed by atoms with E-state index in [1.807, 2.05) is 52.0 Å². The first kappa shape index (κ1) is 19.9. The Morgan fingerprint density at radius 2 is 2.00 bits per heavy atom. The maximum atomic E-state index is 9.23. The molecule has 0 unspecified atom stereocenters. The number of aryl methyl sites for hydroxylation is 1. The zero-order valence-corrected chi connectivity index (χ0v) is 16.1. The van der Waals surface area contributed by atoms with E-state index in [2.05, 4.69) is 16.0 Å². The summed E-state index contributed by atoms with van der Waals surface area (Å²) >= 11 is 0. The van der Waals surface area contributed by atoms with Crippen LogP contribution in [0, 0.1) is 23.7 Å². The molecule has 0 amide bonds. The van der Waals surface area contributed by atoms with Crippen molar-refractivity contribution >= 4 is 16.9 Å². The molecule has 3 rings (SSSR count). The number of hydrogen-bond acceptors (Lipinski definition) is 5. The highest BCUT2D eigenvalue weighted by atomic mass is 15.0. The molecule has 3 aromatic heterocycles. The lowest BCUT2D eigenvalue weighted by Gasteiger charge is -2.14. The highest BCUT2D eigenvalue weighted by Crippen LogP contribution is 2.23. The highest BCUT2D eigenvalue weighted by molar-refractivity contribution is 6.30.